The van der Waals surface area contributed by atoms with Crippen molar-refractivity contribution in [3.8, 4) is 5.75 Å². The number of carbonyl (C=O) groups excluding carboxylic acids is 1. The highest BCUT2D eigenvalue weighted by molar-refractivity contribution is 5.80. The molecule has 1 heterocycles. The maximum atomic E-state index is 11.0. The fraction of sp³-hybridized carbons (Fsp3) is 0.364. The Balaban J connectivity index is 2.44. The summed E-state index contributed by atoms with van der Waals surface area (Å²) in [6, 6.07) is 4.29. The number of nitrogens with zero attached hydrogens (tertiary/aromatic N) is 2. The molecule has 0 N–H and O–H groups in total. The number of fused-ring (bicyclic) bond motifs is 1. The lowest BCUT2D eigenvalue weighted by Crippen LogP contribution is -2.25. The molecule has 1 aliphatic heterocycles. The van der Waals surface area contributed by atoms with Crippen molar-refractivity contribution in [1.82, 2.24) is 0 Å². The molecule has 0 saturated heterocycles. The van der Waals surface area contributed by atoms with E-state index in [2.05, 4.69) is 0 Å². The van der Waals surface area contributed by atoms with Gasteiger partial charge in [0.2, 0.25) is 6.41 Å². The average molecular weight is 236 g/mol. The highest BCUT2D eigenvalue weighted by Gasteiger charge is 2.18. The maximum absolute atomic E-state index is 11.0. The summed E-state index contributed by atoms with van der Waals surface area (Å²) in [7, 11) is 0. The molecule has 0 radical (unpaired) electrons. The van der Waals surface area contributed by atoms with Crippen molar-refractivity contribution in [2.45, 2.75) is 12.8 Å². The highest BCUT2D eigenvalue weighted by atomic mass is 16.6. The number of amides is 1. The van der Waals surface area contributed by atoms with E-state index in [1.807, 2.05) is 0 Å². The van der Waals surface area contributed by atoms with Crippen molar-refractivity contribution >= 4 is 17.8 Å². The number of non-ortho nitro benzene ring substituents is 1. The highest BCUT2D eigenvalue weighted by Crippen LogP contribution is 2.33. The first-order chi connectivity index (χ1) is 8.22. The Morgan fingerprint density at radius 3 is 2.94 bits per heavy atom. The van der Waals surface area contributed by atoms with Crippen LogP contribution in [0.5, 0.6) is 5.75 Å². The first-order valence-corrected chi connectivity index (χ1v) is 5.35. The zero-order chi connectivity index (χ0) is 12.3. The SMILES string of the molecule is O=CN1CCCCOc2ccc([N+](=O)[O-])cc21. The van der Waals surface area contributed by atoms with Gasteiger partial charge in [0.1, 0.15) is 5.75 Å². The van der Waals surface area contributed by atoms with Crippen LogP contribution in [0.1, 0.15) is 12.8 Å². The number of nitro groups is 1. The summed E-state index contributed by atoms with van der Waals surface area (Å²) in [6.45, 7) is 1.12. The monoisotopic (exact) mass is 236 g/mol. The van der Waals surface area contributed by atoms with Gasteiger partial charge in [0.25, 0.3) is 5.69 Å². The van der Waals surface area contributed by atoms with Crippen LogP contribution in [0.4, 0.5) is 11.4 Å². The van der Waals surface area contributed by atoms with Gasteiger partial charge < -0.3 is 9.64 Å². The molecular formula is C11H12N2O4. The molecular weight excluding hydrogens is 224 g/mol. The zero-order valence-corrected chi connectivity index (χ0v) is 9.17. The number of rotatable bonds is 2. The van der Waals surface area contributed by atoms with Gasteiger partial charge >= 0.3 is 0 Å². The topological polar surface area (TPSA) is 72.7 Å². The third-order valence-electron chi connectivity index (χ3n) is 2.64. The van der Waals surface area contributed by atoms with Gasteiger partial charge in [0.15, 0.2) is 0 Å². The van der Waals surface area contributed by atoms with Crippen LogP contribution in [0.2, 0.25) is 0 Å². The summed E-state index contributed by atoms with van der Waals surface area (Å²) in [5.74, 6) is 0.516. The van der Waals surface area contributed by atoms with Crippen molar-refractivity contribution in [3.63, 3.8) is 0 Å². The molecule has 1 aromatic carbocycles. The number of ether oxygens (including phenoxy) is 1. The minimum absolute atomic E-state index is 0.0419. The minimum Gasteiger partial charge on any atom is -0.491 e. The predicted molar refractivity (Wildman–Crippen MR) is 61.2 cm³/mol. The van der Waals surface area contributed by atoms with Gasteiger partial charge in [0.05, 0.1) is 17.2 Å². The number of nitro benzene ring substituents is 1. The van der Waals surface area contributed by atoms with E-state index in [0.29, 0.717) is 31.0 Å². The van der Waals surface area contributed by atoms with Crippen LogP contribution < -0.4 is 9.64 Å². The molecule has 0 fully saturated rings. The van der Waals surface area contributed by atoms with Gasteiger partial charge in [-0.15, -0.1) is 0 Å². The van der Waals surface area contributed by atoms with Gasteiger partial charge in [-0.3, -0.25) is 14.9 Å². The fourth-order valence-electron chi connectivity index (χ4n) is 1.76. The normalized spacial score (nSPS) is 15.2. The fourth-order valence-corrected chi connectivity index (χ4v) is 1.76. The lowest BCUT2D eigenvalue weighted by molar-refractivity contribution is -0.384. The smallest absolute Gasteiger partial charge is 0.271 e. The van der Waals surface area contributed by atoms with Crippen LogP contribution in [0.25, 0.3) is 0 Å². The number of anilines is 1. The Kier molecular flexibility index (Phi) is 3.22. The molecule has 0 spiro atoms. The van der Waals surface area contributed by atoms with Crippen LogP contribution in [0.3, 0.4) is 0 Å². The Hall–Kier alpha value is -2.11. The molecule has 0 aromatic heterocycles. The van der Waals surface area contributed by atoms with E-state index in [9.17, 15) is 14.9 Å². The summed E-state index contributed by atoms with van der Waals surface area (Å²) in [4.78, 5) is 22.6. The Morgan fingerprint density at radius 2 is 2.24 bits per heavy atom. The van der Waals surface area contributed by atoms with Crippen molar-refractivity contribution in [3.05, 3.63) is 28.3 Å². The third kappa shape index (κ3) is 2.35. The molecule has 1 aromatic rings. The average Bonchev–Trinajstić information content (AvgIpc) is 2.30. The van der Waals surface area contributed by atoms with Crippen LogP contribution in [-0.4, -0.2) is 24.5 Å². The predicted octanol–water partition coefficient (Wildman–Crippen LogP) is 1.73. The lowest BCUT2D eigenvalue weighted by Gasteiger charge is -2.23. The minimum atomic E-state index is -0.484. The molecule has 2 rings (SSSR count). The molecule has 1 aliphatic rings. The van der Waals surface area contributed by atoms with Crippen molar-refractivity contribution in [2.24, 2.45) is 0 Å². The van der Waals surface area contributed by atoms with Gasteiger partial charge in [0, 0.05) is 18.7 Å². The molecule has 6 heteroatoms. The largest absolute Gasteiger partial charge is 0.491 e. The van der Waals surface area contributed by atoms with E-state index in [1.165, 1.54) is 23.1 Å². The molecule has 0 aliphatic carbocycles. The Labute approximate surface area is 97.9 Å². The third-order valence-corrected chi connectivity index (χ3v) is 2.64. The number of hydrogen-bond acceptors (Lipinski definition) is 4. The standard InChI is InChI=1S/C11H12N2O4/c14-8-12-5-1-2-6-17-11-4-3-9(13(15)16)7-10(11)12/h3-4,7-8H,1-2,5-6H2. The van der Waals surface area contributed by atoms with Crippen molar-refractivity contribution in [2.75, 3.05) is 18.1 Å². The molecule has 17 heavy (non-hydrogen) atoms. The zero-order valence-electron chi connectivity index (χ0n) is 9.17. The summed E-state index contributed by atoms with van der Waals surface area (Å²) in [6.07, 6.45) is 2.36. The molecule has 1 amide bonds. The lowest BCUT2D eigenvalue weighted by atomic mass is 10.2. The first kappa shape index (κ1) is 11.4. The number of carbonyl (C=O) groups is 1. The summed E-state index contributed by atoms with van der Waals surface area (Å²) in [5, 5.41) is 10.7. The Morgan fingerprint density at radius 1 is 1.41 bits per heavy atom. The molecule has 0 unspecified atom stereocenters. The number of hydrogen-bond donors (Lipinski definition) is 0. The summed E-state index contributed by atoms with van der Waals surface area (Å²) in [5.41, 5.74) is 0.425. The molecule has 0 atom stereocenters. The summed E-state index contributed by atoms with van der Waals surface area (Å²) >= 11 is 0. The van der Waals surface area contributed by atoms with Crippen LogP contribution in [0, 0.1) is 10.1 Å². The van der Waals surface area contributed by atoms with Gasteiger partial charge in [-0.1, -0.05) is 0 Å². The molecule has 6 nitrogen and oxygen atoms in total. The van der Waals surface area contributed by atoms with E-state index in [0.717, 1.165) is 12.8 Å². The van der Waals surface area contributed by atoms with E-state index >= 15 is 0 Å². The van der Waals surface area contributed by atoms with Gasteiger partial charge in [-0.25, -0.2) is 0 Å². The second kappa shape index (κ2) is 4.82. The maximum Gasteiger partial charge on any atom is 0.271 e. The van der Waals surface area contributed by atoms with Gasteiger partial charge in [-0.05, 0) is 18.9 Å². The van der Waals surface area contributed by atoms with E-state index in [4.69, 9.17) is 4.74 Å². The van der Waals surface area contributed by atoms with Crippen molar-refractivity contribution in [1.29, 1.82) is 0 Å². The van der Waals surface area contributed by atoms with Gasteiger partial charge in [-0.2, -0.15) is 0 Å². The van der Waals surface area contributed by atoms with E-state index in [1.54, 1.807) is 0 Å². The molecule has 0 bridgehead atoms. The van der Waals surface area contributed by atoms with Crippen LogP contribution in [-0.2, 0) is 4.79 Å². The molecule has 90 valence electrons. The van der Waals surface area contributed by atoms with E-state index < -0.39 is 4.92 Å². The van der Waals surface area contributed by atoms with E-state index in [-0.39, 0.29) is 5.69 Å². The Bertz CT molecular complexity index is 447. The first-order valence-electron chi connectivity index (χ1n) is 5.35. The number of benzene rings is 1. The molecule has 0 saturated carbocycles. The second-order valence-corrected chi connectivity index (χ2v) is 3.76. The van der Waals surface area contributed by atoms with Crippen LogP contribution >= 0.6 is 0 Å². The summed E-state index contributed by atoms with van der Waals surface area (Å²) < 4.78 is 5.47. The quantitative estimate of drug-likeness (QED) is 0.445. The van der Waals surface area contributed by atoms with Crippen LogP contribution in [0.15, 0.2) is 18.2 Å². The second-order valence-electron chi connectivity index (χ2n) is 3.76. The van der Waals surface area contributed by atoms with Crippen molar-refractivity contribution < 1.29 is 14.5 Å².